The largest absolute Gasteiger partial charge is 0.340 e. The highest BCUT2D eigenvalue weighted by Crippen LogP contribution is 2.26. The molecule has 0 atom stereocenters. The molecule has 0 radical (unpaired) electrons. The van der Waals surface area contributed by atoms with E-state index in [1.165, 1.54) is 12.1 Å². The first kappa shape index (κ1) is 17.3. The predicted octanol–water partition coefficient (Wildman–Crippen LogP) is 3.57. The summed E-state index contributed by atoms with van der Waals surface area (Å²) in [5.41, 5.74) is 3.99. The molecular weight excluding hydrogens is 350 g/mol. The number of nitrogens with one attached hydrogen (secondary N) is 1. The van der Waals surface area contributed by atoms with Gasteiger partial charge in [0.1, 0.15) is 17.5 Å². The summed E-state index contributed by atoms with van der Waals surface area (Å²) < 4.78 is 27.2. The van der Waals surface area contributed by atoms with Crippen molar-refractivity contribution < 1.29 is 13.6 Å². The number of aryl methyl sites for hydroxylation is 2. The van der Waals surface area contributed by atoms with E-state index in [2.05, 4.69) is 15.0 Å². The molecule has 1 aliphatic rings. The molecule has 7 heteroatoms. The average molecular weight is 368 g/mol. The lowest BCUT2D eigenvalue weighted by Crippen LogP contribution is -2.36. The number of carbonyl (C=O) groups excluding carboxylic acids is 1. The van der Waals surface area contributed by atoms with E-state index in [-0.39, 0.29) is 11.5 Å². The van der Waals surface area contributed by atoms with E-state index in [1.807, 2.05) is 13.8 Å². The smallest absolute Gasteiger partial charge is 0.254 e. The molecule has 0 unspecified atom stereocenters. The Morgan fingerprint density at radius 3 is 2.56 bits per heavy atom. The zero-order valence-corrected chi connectivity index (χ0v) is 15.0. The van der Waals surface area contributed by atoms with E-state index >= 15 is 0 Å². The standard InChI is InChI=1S/C20H18F2N4O/c1-11-7-13(8-12(2)23-11)20(27)26-6-5-17-18(10-26)25-19(24-17)15-4-3-14(21)9-16(15)22/h3-4,7-9H,5-6,10H2,1-2H3,(H,24,25). The number of fused-ring (bicyclic) bond motifs is 1. The van der Waals surface area contributed by atoms with Crippen LogP contribution in [-0.2, 0) is 13.0 Å². The van der Waals surface area contributed by atoms with Crippen molar-refractivity contribution in [3.8, 4) is 11.4 Å². The van der Waals surface area contributed by atoms with Gasteiger partial charge in [-0.05, 0) is 38.1 Å². The second-order valence-corrected chi connectivity index (χ2v) is 6.75. The number of carbonyl (C=O) groups is 1. The van der Waals surface area contributed by atoms with Gasteiger partial charge < -0.3 is 9.88 Å². The molecule has 0 aliphatic carbocycles. The molecule has 1 aromatic carbocycles. The molecule has 3 aromatic rings. The molecule has 0 fully saturated rings. The quantitative estimate of drug-likeness (QED) is 0.752. The molecule has 27 heavy (non-hydrogen) atoms. The van der Waals surface area contributed by atoms with Gasteiger partial charge in [-0.1, -0.05) is 0 Å². The molecule has 5 nitrogen and oxygen atoms in total. The molecule has 4 rings (SSSR count). The van der Waals surface area contributed by atoms with Crippen LogP contribution in [0.25, 0.3) is 11.4 Å². The number of benzene rings is 1. The summed E-state index contributed by atoms with van der Waals surface area (Å²) in [5.74, 6) is -1.02. The lowest BCUT2D eigenvalue weighted by atomic mass is 10.1. The molecular formula is C20H18F2N4O. The van der Waals surface area contributed by atoms with Crippen LogP contribution in [0.15, 0.2) is 30.3 Å². The highest BCUT2D eigenvalue weighted by Gasteiger charge is 2.25. The first-order valence-corrected chi connectivity index (χ1v) is 8.68. The number of aromatic amines is 1. The van der Waals surface area contributed by atoms with E-state index in [1.54, 1.807) is 17.0 Å². The molecule has 0 saturated carbocycles. The van der Waals surface area contributed by atoms with Crippen LogP contribution in [0.1, 0.15) is 33.1 Å². The summed E-state index contributed by atoms with van der Waals surface area (Å²) in [4.78, 5) is 26.4. The fraction of sp³-hybridized carbons (Fsp3) is 0.250. The van der Waals surface area contributed by atoms with Gasteiger partial charge in [-0.25, -0.2) is 13.8 Å². The third kappa shape index (κ3) is 3.32. The van der Waals surface area contributed by atoms with Gasteiger partial charge in [-0.3, -0.25) is 9.78 Å². The molecule has 138 valence electrons. The Morgan fingerprint density at radius 1 is 1.11 bits per heavy atom. The van der Waals surface area contributed by atoms with Gasteiger partial charge >= 0.3 is 0 Å². The Balaban J connectivity index is 1.60. The van der Waals surface area contributed by atoms with Crippen LogP contribution in [0.4, 0.5) is 8.78 Å². The Kier molecular flexibility index (Phi) is 4.22. The second-order valence-electron chi connectivity index (χ2n) is 6.75. The van der Waals surface area contributed by atoms with E-state index in [0.717, 1.165) is 28.8 Å². The van der Waals surface area contributed by atoms with Crippen LogP contribution in [0.2, 0.25) is 0 Å². The summed E-state index contributed by atoms with van der Waals surface area (Å²) >= 11 is 0. The highest BCUT2D eigenvalue weighted by atomic mass is 19.1. The third-order valence-corrected chi connectivity index (χ3v) is 4.63. The van der Waals surface area contributed by atoms with Gasteiger partial charge in [-0.2, -0.15) is 0 Å². The Hall–Kier alpha value is -3.09. The van der Waals surface area contributed by atoms with E-state index in [0.29, 0.717) is 30.9 Å². The Morgan fingerprint density at radius 2 is 1.85 bits per heavy atom. The van der Waals surface area contributed by atoms with Crippen molar-refractivity contribution in [2.45, 2.75) is 26.8 Å². The number of nitrogens with zero attached hydrogens (tertiary/aromatic N) is 3. The first-order valence-electron chi connectivity index (χ1n) is 8.68. The Labute approximate surface area is 155 Å². The van der Waals surface area contributed by atoms with Gasteiger partial charge in [0.05, 0.1) is 23.5 Å². The van der Waals surface area contributed by atoms with Crippen molar-refractivity contribution >= 4 is 5.91 Å². The summed E-state index contributed by atoms with van der Waals surface area (Å²) in [6.45, 7) is 4.61. The van der Waals surface area contributed by atoms with Crippen LogP contribution >= 0.6 is 0 Å². The minimum Gasteiger partial charge on any atom is -0.340 e. The lowest BCUT2D eigenvalue weighted by molar-refractivity contribution is 0.0731. The van der Waals surface area contributed by atoms with Crippen LogP contribution in [0.3, 0.4) is 0 Å². The number of pyridine rings is 1. The minimum absolute atomic E-state index is 0.0710. The number of H-pyrrole nitrogens is 1. The topological polar surface area (TPSA) is 61.9 Å². The lowest BCUT2D eigenvalue weighted by Gasteiger charge is -2.26. The van der Waals surface area contributed by atoms with Gasteiger partial charge in [-0.15, -0.1) is 0 Å². The van der Waals surface area contributed by atoms with Crippen LogP contribution in [0, 0.1) is 25.5 Å². The zero-order valence-electron chi connectivity index (χ0n) is 15.0. The molecule has 1 N–H and O–H groups in total. The van der Waals surface area contributed by atoms with Crippen LogP contribution < -0.4 is 0 Å². The minimum atomic E-state index is -0.670. The summed E-state index contributed by atoms with van der Waals surface area (Å²) in [5, 5.41) is 0. The normalized spacial score (nSPS) is 13.6. The number of rotatable bonds is 2. The molecule has 2 aromatic heterocycles. The average Bonchev–Trinajstić information content (AvgIpc) is 3.03. The van der Waals surface area contributed by atoms with E-state index < -0.39 is 11.6 Å². The maximum Gasteiger partial charge on any atom is 0.254 e. The SMILES string of the molecule is Cc1cc(C(=O)N2CCc3nc(-c4ccc(F)cc4F)[nH]c3C2)cc(C)n1. The van der Waals surface area contributed by atoms with E-state index in [9.17, 15) is 13.6 Å². The molecule has 0 bridgehead atoms. The van der Waals surface area contributed by atoms with Crippen molar-refractivity contribution in [2.75, 3.05) is 6.54 Å². The number of aromatic nitrogens is 3. The number of amides is 1. The van der Waals surface area contributed by atoms with Crippen LogP contribution in [-0.4, -0.2) is 32.3 Å². The van der Waals surface area contributed by atoms with Gasteiger partial charge in [0.25, 0.3) is 5.91 Å². The fourth-order valence-corrected chi connectivity index (χ4v) is 3.42. The number of imidazole rings is 1. The fourth-order valence-electron chi connectivity index (χ4n) is 3.42. The first-order chi connectivity index (χ1) is 12.9. The maximum absolute atomic E-state index is 14.0. The van der Waals surface area contributed by atoms with Gasteiger partial charge in [0.15, 0.2) is 0 Å². The predicted molar refractivity (Wildman–Crippen MR) is 96.1 cm³/mol. The third-order valence-electron chi connectivity index (χ3n) is 4.63. The highest BCUT2D eigenvalue weighted by molar-refractivity contribution is 5.94. The van der Waals surface area contributed by atoms with Gasteiger partial charge in [0.2, 0.25) is 0 Å². The molecule has 0 saturated heterocycles. The maximum atomic E-state index is 14.0. The monoisotopic (exact) mass is 368 g/mol. The van der Waals surface area contributed by atoms with Crippen molar-refractivity contribution in [1.82, 2.24) is 19.9 Å². The molecule has 1 aliphatic heterocycles. The van der Waals surface area contributed by atoms with Crippen molar-refractivity contribution in [3.05, 3.63) is 70.3 Å². The van der Waals surface area contributed by atoms with Crippen LogP contribution in [0.5, 0.6) is 0 Å². The molecule has 0 spiro atoms. The van der Waals surface area contributed by atoms with Crippen molar-refractivity contribution in [3.63, 3.8) is 0 Å². The number of hydrogen-bond donors (Lipinski definition) is 1. The summed E-state index contributed by atoms with van der Waals surface area (Å²) in [6.07, 6.45) is 0.573. The van der Waals surface area contributed by atoms with E-state index in [4.69, 9.17) is 0 Å². The van der Waals surface area contributed by atoms with Crippen molar-refractivity contribution in [1.29, 1.82) is 0 Å². The molecule has 1 amide bonds. The number of hydrogen-bond acceptors (Lipinski definition) is 3. The summed E-state index contributed by atoms with van der Waals surface area (Å²) in [6, 6.07) is 6.94. The Bertz CT molecular complexity index is 1020. The second kappa shape index (κ2) is 6.57. The summed E-state index contributed by atoms with van der Waals surface area (Å²) in [7, 11) is 0. The van der Waals surface area contributed by atoms with Gasteiger partial charge in [0, 0.05) is 36.0 Å². The van der Waals surface area contributed by atoms with Crippen molar-refractivity contribution in [2.24, 2.45) is 0 Å². The molecule has 3 heterocycles. The zero-order chi connectivity index (χ0) is 19.1. The number of halogens is 2.